The summed E-state index contributed by atoms with van der Waals surface area (Å²) in [4.78, 5) is 16.7. The molecular formula is C17H14F3N5. The molecule has 0 unspecified atom stereocenters. The van der Waals surface area contributed by atoms with Crippen molar-refractivity contribution in [3.63, 3.8) is 0 Å². The van der Waals surface area contributed by atoms with Gasteiger partial charge >= 0.3 is 6.18 Å². The van der Waals surface area contributed by atoms with Crippen molar-refractivity contribution in [3.8, 4) is 11.4 Å². The molecule has 3 aromatic heterocycles. The lowest BCUT2D eigenvalue weighted by Gasteiger charge is -2.44. The summed E-state index contributed by atoms with van der Waals surface area (Å²) in [6, 6.07) is 5.05. The van der Waals surface area contributed by atoms with Gasteiger partial charge in [0.1, 0.15) is 11.4 Å². The van der Waals surface area contributed by atoms with E-state index >= 15 is 0 Å². The van der Waals surface area contributed by atoms with Gasteiger partial charge in [0.05, 0.1) is 11.7 Å². The Morgan fingerprint density at radius 3 is 2.32 bits per heavy atom. The number of aromatic nitrogens is 4. The van der Waals surface area contributed by atoms with Gasteiger partial charge in [0, 0.05) is 29.5 Å². The molecule has 128 valence electrons. The van der Waals surface area contributed by atoms with Crippen molar-refractivity contribution in [2.45, 2.75) is 31.0 Å². The van der Waals surface area contributed by atoms with Gasteiger partial charge in [-0.25, -0.2) is 9.97 Å². The zero-order chi connectivity index (χ0) is 17.5. The molecule has 3 aromatic rings. The zero-order valence-corrected chi connectivity index (χ0v) is 13.1. The third-order valence-electron chi connectivity index (χ3n) is 4.55. The number of hydrogen-bond acceptors (Lipinski definition) is 5. The molecule has 8 heteroatoms. The largest absolute Gasteiger partial charge is 0.411 e. The maximum Gasteiger partial charge on any atom is 0.411 e. The summed E-state index contributed by atoms with van der Waals surface area (Å²) < 4.78 is 40.6. The molecule has 1 aliphatic carbocycles. The van der Waals surface area contributed by atoms with E-state index in [9.17, 15) is 13.2 Å². The summed E-state index contributed by atoms with van der Waals surface area (Å²) in [7, 11) is 0. The first kappa shape index (κ1) is 15.7. The monoisotopic (exact) mass is 345 g/mol. The lowest BCUT2D eigenvalue weighted by molar-refractivity contribution is -0.198. The van der Waals surface area contributed by atoms with Crippen molar-refractivity contribution in [3.05, 3.63) is 43.0 Å². The SMILES string of the molecule is FC(F)(F)C1(Nc2nc(-c3ccncc3)nc3cnccc23)CCC1. The van der Waals surface area contributed by atoms with Crippen molar-refractivity contribution in [2.75, 3.05) is 5.32 Å². The molecule has 1 fully saturated rings. The van der Waals surface area contributed by atoms with E-state index in [1.54, 1.807) is 30.6 Å². The van der Waals surface area contributed by atoms with E-state index in [0.717, 1.165) is 0 Å². The summed E-state index contributed by atoms with van der Waals surface area (Å²) >= 11 is 0. The third kappa shape index (κ3) is 2.67. The standard InChI is InChI=1S/C17H14F3N5/c18-17(19,20)16(5-1-6-16)25-15-12-4-9-22-10-13(12)23-14(24-15)11-2-7-21-8-3-11/h2-4,7-10H,1,5-6H2,(H,23,24,25). The highest BCUT2D eigenvalue weighted by Crippen LogP contribution is 2.47. The van der Waals surface area contributed by atoms with E-state index in [1.165, 1.54) is 12.4 Å². The van der Waals surface area contributed by atoms with Crippen LogP contribution in [0.3, 0.4) is 0 Å². The van der Waals surface area contributed by atoms with E-state index in [-0.39, 0.29) is 18.7 Å². The Morgan fingerprint density at radius 1 is 0.960 bits per heavy atom. The fraction of sp³-hybridized carbons (Fsp3) is 0.294. The van der Waals surface area contributed by atoms with E-state index < -0.39 is 11.7 Å². The number of halogens is 3. The van der Waals surface area contributed by atoms with Crippen molar-refractivity contribution in [2.24, 2.45) is 0 Å². The van der Waals surface area contributed by atoms with Crippen LogP contribution in [0.1, 0.15) is 19.3 Å². The average Bonchev–Trinajstić information content (AvgIpc) is 2.57. The van der Waals surface area contributed by atoms with Crippen molar-refractivity contribution in [1.29, 1.82) is 0 Å². The van der Waals surface area contributed by atoms with E-state index in [4.69, 9.17) is 0 Å². The smallest absolute Gasteiger partial charge is 0.356 e. The molecule has 0 aromatic carbocycles. The predicted molar refractivity (Wildman–Crippen MR) is 86.8 cm³/mol. The predicted octanol–water partition coefficient (Wildman–Crippen LogP) is 3.98. The molecule has 4 rings (SSSR count). The first-order valence-electron chi connectivity index (χ1n) is 7.86. The fourth-order valence-electron chi connectivity index (χ4n) is 2.94. The minimum Gasteiger partial charge on any atom is -0.356 e. The van der Waals surface area contributed by atoms with Gasteiger partial charge in [-0.05, 0) is 37.5 Å². The minimum atomic E-state index is -4.34. The molecule has 1 N–H and O–H groups in total. The second-order valence-electron chi connectivity index (χ2n) is 6.08. The van der Waals surface area contributed by atoms with E-state index in [2.05, 4.69) is 25.3 Å². The molecule has 0 amide bonds. The van der Waals surface area contributed by atoms with Gasteiger partial charge < -0.3 is 5.32 Å². The molecule has 5 nitrogen and oxygen atoms in total. The Kier molecular flexibility index (Phi) is 3.55. The second kappa shape index (κ2) is 5.65. The number of pyridine rings is 2. The van der Waals surface area contributed by atoms with Crippen LogP contribution < -0.4 is 5.32 Å². The number of rotatable bonds is 3. The summed E-state index contributed by atoms with van der Waals surface area (Å²) in [6.07, 6.45) is 2.48. The first-order chi connectivity index (χ1) is 12.0. The van der Waals surface area contributed by atoms with Crippen LogP contribution in [0, 0.1) is 0 Å². The maximum absolute atomic E-state index is 13.5. The molecule has 0 bridgehead atoms. The van der Waals surface area contributed by atoms with Gasteiger partial charge in [-0.3, -0.25) is 9.97 Å². The van der Waals surface area contributed by atoms with Gasteiger partial charge in [-0.15, -0.1) is 0 Å². The van der Waals surface area contributed by atoms with E-state index in [0.29, 0.717) is 28.7 Å². The molecule has 0 aliphatic heterocycles. The Bertz CT molecular complexity index is 907. The van der Waals surface area contributed by atoms with Crippen LogP contribution in [0.15, 0.2) is 43.0 Å². The van der Waals surface area contributed by atoms with Gasteiger partial charge in [-0.1, -0.05) is 0 Å². The molecule has 1 aliphatic rings. The van der Waals surface area contributed by atoms with Crippen LogP contribution in [0.25, 0.3) is 22.3 Å². The normalized spacial score (nSPS) is 16.4. The molecule has 0 radical (unpaired) electrons. The van der Waals surface area contributed by atoms with Gasteiger partial charge in [-0.2, -0.15) is 13.2 Å². The highest BCUT2D eigenvalue weighted by molar-refractivity contribution is 5.90. The van der Waals surface area contributed by atoms with Gasteiger partial charge in [0.25, 0.3) is 0 Å². The number of hydrogen-bond donors (Lipinski definition) is 1. The summed E-state index contributed by atoms with van der Waals surface area (Å²) in [5, 5.41) is 3.18. The number of nitrogens with zero attached hydrogens (tertiary/aromatic N) is 4. The molecule has 0 saturated heterocycles. The third-order valence-corrected chi connectivity index (χ3v) is 4.55. The first-order valence-corrected chi connectivity index (χ1v) is 7.86. The van der Waals surface area contributed by atoms with Crippen molar-refractivity contribution < 1.29 is 13.2 Å². The van der Waals surface area contributed by atoms with Gasteiger partial charge in [0.2, 0.25) is 0 Å². The Hall–Kier alpha value is -2.77. The van der Waals surface area contributed by atoms with Gasteiger partial charge in [0.15, 0.2) is 5.82 Å². The Morgan fingerprint density at radius 2 is 1.68 bits per heavy atom. The molecule has 0 atom stereocenters. The molecule has 1 saturated carbocycles. The second-order valence-corrected chi connectivity index (χ2v) is 6.08. The highest BCUT2D eigenvalue weighted by Gasteiger charge is 2.58. The Balaban J connectivity index is 1.85. The number of alkyl halides is 3. The topological polar surface area (TPSA) is 63.6 Å². The van der Waals surface area contributed by atoms with Crippen molar-refractivity contribution in [1.82, 2.24) is 19.9 Å². The number of fused-ring (bicyclic) bond motifs is 1. The summed E-state index contributed by atoms with van der Waals surface area (Å²) in [5.74, 6) is 0.512. The molecule has 3 heterocycles. The minimum absolute atomic E-state index is 0.0394. The van der Waals surface area contributed by atoms with Crippen LogP contribution in [0.5, 0.6) is 0 Å². The zero-order valence-electron chi connectivity index (χ0n) is 13.1. The molecule has 25 heavy (non-hydrogen) atoms. The van der Waals surface area contributed by atoms with Crippen LogP contribution in [0.4, 0.5) is 19.0 Å². The van der Waals surface area contributed by atoms with E-state index in [1.807, 2.05) is 0 Å². The van der Waals surface area contributed by atoms with Crippen LogP contribution in [-0.4, -0.2) is 31.7 Å². The summed E-state index contributed by atoms with van der Waals surface area (Å²) in [5.41, 5.74) is -0.755. The maximum atomic E-state index is 13.5. The molecular weight excluding hydrogens is 331 g/mol. The van der Waals surface area contributed by atoms with Crippen LogP contribution >= 0.6 is 0 Å². The van der Waals surface area contributed by atoms with Crippen LogP contribution in [-0.2, 0) is 0 Å². The fourth-order valence-corrected chi connectivity index (χ4v) is 2.94. The lowest BCUT2D eigenvalue weighted by atomic mass is 9.76. The highest BCUT2D eigenvalue weighted by atomic mass is 19.4. The number of nitrogens with one attached hydrogen (secondary N) is 1. The molecule has 0 spiro atoms. The lowest BCUT2D eigenvalue weighted by Crippen LogP contribution is -2.57. The number of anilines is 1. The Labute approximate surface area is 141 Å². The van der Waals surface area contributed by atoms with Crippen molar-refractivity contribution >= 4 is 16.7 Å². The summed E-state index contributed by atoms with van der Waals surface area (Å²) in [6.45, 7) is 0. The van der Waals surface area contributed by atoms with Crippen LogP contribution in [0.2, 0.25) is 0 Å². The average molecular weight is 345 g/mol. The quantitative estimate of drug-likeness (QED) is 0.778.